The van der Waals surface area contributed by atoms with E-state index < -0.39 is 0 Å². The van der Waals surface area contributed by atoms with Crippen LogP contribution in [0.2, 0.25) is 0 Å². The molecule has 1 aliphatic carbocycles. The van der Waals surface area contributed by atoms with Crippen LogP contribution in [0.15, 0.2) is 0 Å². The van der Waals surface area contributed by atoms with E-state index in [1.54, 1.807) is 0 Å². The summed E-state index contributed by atoms with van der Waals surface area (Å²) in [4.78, 5) is 13.4. The van der Waals surface area contributed by atoms with E-state index >= 15 is 0 Å². The molecule has 1 amide bonds. The number of nitrogens with zero attached hydrogens (tertiary/aromatic N) is 2. The van der Waals surface area contributed by atoms with E-state index in [4.69, 9.17) is 5.26 Å². The highest BCUT2D eigenvalue weighted by molar-refractivity contribution is 5.78. The van der Waals surface area contributed by atoms with Gasteiger partial charge in [0.15, 0.2) is 0 Å². The molecular weight excluding hydrogens is 190 g/mol. The second kappa shape index (κ2) is 6.41. The largest absolute Gasteiger partial charge is 0.352 e. The van der Waals surface area contributed by atoms with Crippen molar-refractivity contribution in [2.45, 2.75) is 38.1 Å². The number of likely N-dealkylation sites (N-methyl/N-ethyl adjacent to an activating group) is 1. The fourth-order valence-corrected chi connectivity index (χ4v) is 1.41. The number of amides is 1. The lowest BCUT2D eigenvalue weighted by Gasteiger charge is -2.15. The Labute approximate surface area is 91.2 Å². The molecule has 15 heavy (non-hydrogen) atoms. The van der Waals surface area contributed by atoms with Crippen LogP contribution in [0.5, 0.6) is 0 Å². The van der Waals surface area contributed by atoms with Gasteiger partial charge in [-0.25, -0.2) is 0 Å². The minimum atomic E-state index is 0.125. The van der Waals surface area contributed by atoms with Gasteiger partial charge in [-0.1, -0.05) is 0 Å². The summed E-state index contributed by atoms with van der Waals surface area (Å²) in [5.41, 5.74) is 0. The van der Waals surface area contributed by atoms with Crippen molar-refractivity contribution in [1.82, 2.24) is 10.2 Å². The Hall–Kier alpha value is -1.08. The molecule has 0 atom stereocenters. The van der Waals surface area contributed by atoms with Crippen molar-refractivity contribution in [2.24, 2.45) is 0 Å². The van der Waals surface area contributed by atoms with Crippen molar-refractivity contribution in [3.63, 3.8) is 0 Å². The molecule has 0 heterocycles. The maximum atomic E-state index is 11.4. The maximum absolute atomic E-state index is 11.4. The zero-order valence-electron chi connectivity index (χ0n) is 9.33. The summed E-state index contributed by atoms with van der Waals surface area (Å²) in [6, 6.07) is 2.57. The molecular formula is C11H19N3O. The molecule has 1 N–H and O–H groups in total. The second-order valence-corrected chi connectivity index (χ2v) is 4.19. The molecule has 1 saturated carbocycles. The summed E-state index contributed by atoms with van der Waals surface area (Å²) >= 11 is 0. The molecule has 0 unspecified atom stereocenters. The van der Waals surface area contributed by atoms with Gasteiger partial charge in [0.25, 0.3) is 0 Å². The van der Waals surface area contributed by atoms with Crippen LogP contribution in [0.3, 0.4) is 0 Å². The van der Waals surface area contributed by atoms with Crippen LogP contribution in [0, 0.1) is 11.3 Å². The second-order valence-electron chi connectivity index (χ2n) is 4.19. The molecule has 84 valence electrons. The summed E-state index contributed by atoms with van der Waals surface area (Å²) in [5, 5.41) is 11.3. The predicted molar refractivity (Wildman–Crippen MR) is 58.1 cm³/mol. The van der Waals surface area contributed by atoms with Crippen molar-refractivity contribution in [3.05, 3.63) is 0 Å². The lowest BCUT2D eigenvalue weighted by atomic mass is 10.2. The van der Waals surface area contributed by atoms with Gasteiger partial charge >= 0.3 is 0 Å². The van der Waals surface area contributed by atoms with E-state index in [0.29, 0.717) is 19.0 Å². The monoisotopic (exact) mass is 209 g/mol. The van der Waals surface area contributed by atoms with Gasteiger partial charge in [-0.2, -0.15) is 5.26 Å². The maximum Gasteiger partial charge on any atom is 0.234 e. The van der Waals surface area contributed by atoms with Crippen molar-refractivity contribution < 1.29 is 4.79 Å². The first-order valence-electron chi connectivity index (χ1n) is 5.57. The summed E-state index contributed by atoms with van der Waals surface area (Å²) < 4.78 is 0. The van der Waals surface area contributed by atoms with Crippen LogP contribution in [0.4, 0.5) is 0 Å². The van der Waals surface area contributed by atoms with Crippen LogP contribution >= 0.6 is 0 Å². The minimum Gasteiger partial charge on any atom is -0.352 e. The van der Waals surface area contributed by atoms with Crippen LogP contribution in [0.1, 0.15) is 32.1 Å². The van der Waals surface area contributed by atoms with Crippen LogP contribution in [-0.4, -0.2) is 37.0 Å². The summed E-state index contributed by atoms with van der Waals surface area (Å²) in [6.45, 7) is 1.36. The average Bonchev–Trinajstić information content (AvgIpc) is 2.96. The van der Waals surface area contributed by atoms with Gasteiger partial charge in [0.1, 0.15) is 0 Å². The Morgan fingerprint density at radius 3 is 2.87 bits per heavy atom. The van der Waals surface area contributed by atoms with Gasteiger partial charge in [0.05, 0.1) is 12.6 Å². The van der Waals surface area contributed by atoms with Crippen LogP contribution < -0.4 is 5.32 Å². The molecule has 4 nitrogen and oxygen atoms in total. The Kier molecular flexibility index (Phi) is 5.13. The predicted octanol–water partition coefficient (Wildman–Crippen LogP) is 0.891. The third-order valence-corrected chi connectivity index (χ3v) is 2.43. The standard InChI is InChI=1S/C11H19N3O/c1-14(8-4-2-3-7-12)9-11(15)13-10-5-6-10/h10H,2-6,8-9H2,1H3,(H,13,15). The Morgan fingerprint density at radius 1 is 1.53 bits per heavy atom. The molecule has 0 radical (unpaired) electrons. The van der Waals surface area contributed by atoms with E-state index in [1.807, 2.05) is 11.9 Å². The smallest absolute Gasteiger partial charge is 0.234 e. The number of hydrogen-bond donors (Lipinski definition) is 1. The average molecular weight is 209 g/mol. The molecule has 0 spiro atoms. The minimum absolute atomic E-state index is 0.125. The molecule has 1 aliphatic rings. The number of hydrogen-bond acceptors (Lipinski definition) is 3. The van der Waals surface area contributed by atoms with Crippen molar-refractivity contribution >= 4 is 5.91 Å². The van der Waals surface area contributed by atoms with Crippen molar-refractivity contribution in [2.75, 3.05) is 20.1 Å². The molecule has 4 heteroatoms. The van der Waals surface area contributed by atoms with Gasteiger partial charge in [0.2, 0.25) is 5.91 Å². The normalized spacial score (nSPS) is 15.0. The van der Waals surface area contributed by atoms with Crippen molar-refractivity contribution in [1.29, 1.82) is 5.26 Å². The van der Waals surface area contributed by atoms with Crippen LogP contribution in [-0.2, 0) is 4.79 Å². The van der Waals surface area contributed by atoms with Gasteiger partial charge in [-0.15, -0.1) is 0 Å². The third kappa shape index (κ3) is 6.08. The summed E-state index contributed by atoms with van der Waals surface area (Å²) in [5.74, 6) is 0.125. The molecule has 0 aromatic carbocycles. The fraction of sp³-hybridized carbons (Fsp3) is 0.818. The number of unbranched alkanes of at least 4 members (excludes halogenated alkanes) is 2. The third-order valence-electron chi connectivity index (χ3n) is 2.43. The zero-order chi connectivity index (χ0) is 11.1. The van der Waals surface area contributed by atoms with Crippen molar-refractivity contribution in [3.8, 4) is 6.07 Å². The first-order chi connectivity index (χ1) is 7.22. The Balaban J connectivity index is 1.98. The number of rotatable bonds is 7. The van der Waals surface area contributed by atoms with Crippen LogP contribution in [0.25, 0.3) is 0 Å². The van der Waals surface area contributed by atoms with E-state index in [1.165, 1.54) is 0 Å². The first kappa shape index (κ1) is 12.0. The Morgan fingerprint density at radius 2 is 2.27 bits per heavy atom. The highest BCUT2D eigenvalue weighted by Crippen LogP contribution is 2.18. The molecule has 0 bridgehead atoms. The molecule has 1 fully saturated rings. The first-order valence-corrected chi connectivity index (χ1v) is 5.57. The van der Waals surface area contributed by atoms with Gasteiger partial charge < -0.3 is 5.32 Å². The lowest BCUT2D eigenvalue weighted by molar-refractivity contribution is -0.122. The molecule has 0 saturated heterocycles. The van der Waals surface area contributed by atoms with E-state index in [9.17, 15) is 4.79 Å². The van der Waals surface area contributed by atoms with Gasteiger partial charge in [-0.05, 0) is 39.3 Å². The zero-order valence-corrected chi connectivity index (χ0v) is 9.33. The lowest BCUT2D eigenvalue weighted by Crippen LogP contribution is -2.36. The summed E-state index contributed by atoms with van der Waals surface area (Å²) in [7, 11) is 1.94. The molecule has 1 rings (SSSR count). The van der Waals surface area contributed by atoms with Gasteiger partial charge in [-0.3, -0.25) is 9.69 Å². The SMILES string of the molecule is CN(CCCCC#N)CC(=O)NC1CC1. The highest BCUT2D eigenvalue weighted by Gasteiger charge is 2.23. The molecule has 0 aliphatic heterocycles. The topological polar surface area (TPSA) is 56.1 Å². The number of carbonyl (C=O) groups is 1. The molecule has 0 aromatic rings. The number of nitriles is 1. The number of nitrogens with one attached hydrogen (secondary N) is 1. The fourth-order valence-electron chi connectivity index (χ4n) is 1.41. The van der Waals surface area contributed by atoms with E-state index in [2.05, 4.69) is 11.4 Å². The highest BCUT2D eigenvalue weighted by atomic mass is 16.2. The van der Waals surface area contributed by atoms with Gasteiger partial charge in [0, 0.05) is 12.5 Å². The molecule has 0 aromatic heterocycles. The quantitative estimate of drug-likeness (QED) is 0.633. The summed E-state index contributed by atoms with van der Waals surface area (Å²) in [6.07, 6.45) is 4.79. The Bertz CT molecular complexity index is 243. The van der Waals surface area contributed by atoms with E-state index in [-0.39, 0.29) is 5.91 Å². The number of carbonyl (C=O) groups excluding carboxylic acids is 1. The van der Waals surface area contributed by atoms with E-state index in [0.717, 1.165) is 32.2 Å².